The van der Waals surface area contributed by atoms with E-state index in [4.69, 9.17) is 18.6 Å². The van der Waals surface area contributed by atoms with Crippen LogP contribution in [0.25, 0.3) is 0 Å². The van der Waals surface area contributed by atoms with Gasteiger partial charge in [-0.05, 0) is 0 Å². The molecule has 0 fully saturated rings. The maximum absolute atomic E-state index is 7.50. The number of hydrogen-bond donors (Lipinski definition) is 0. The predicted octanol–water partition coefficient (Wildman–Crippen LogP) is 3.68. The van der Waals surface area contributed by atoms with Crippen LogP contribution in [0.4, 0.5) is 0 Å². The van der Waals surface area contributed by atoms with Crippen molar-refractivity contribution in [3.8, 4) is 0 Å². The minimum atomic E-state index is 0. The van der Waals surface area contributed by atoms with Gasteiger partial charge in [0.1, 0.15) is 0 Å². The Bertz CT molecular complexity index is 315. The van der Waals surface area contributed by atoms with Gasteiger partial charge in [-0.1, -0.05) is 0 Å². The minimum absolute atomic E-state index is 0. The molecule has 0 amide bonds. The second-order valence-corrected chi connectivity index (χ2v) is 2.71. The van der Waals surface area contributed by atoms with Crippen LogP contribution in [0.3, 0.4) is 0 Å². The maximum atomic E-state index is 7.50. The summed E-state index contributed by atoms with van der Waals surface area (Å²) >= 11 is 0. The molecule has 2 rings (SSSR count). The molecule has 6 heteroatoms. The first kappa shape index (κ1) is 43.8. The summed E-state index contributed by atoms with van der Waals surface area (Å²) in [6, 6.07) is 22.0. The van der Waals surface area contributed by atoms with Crippen molar-refractivity contribution in [2.45, 2.75) is 19.3 Å². The molecule has 0 heterocycles. The molecule has 0 aliphatic carbocycles. The third-order valence-corrected chi connectivity index (χ3v) is 1.41. The Hall–Kier alpha value is -1.30. The summed E-state index contributed by atoms with van der Waals surface area (Å²) in [5, 5.41) is 0. The number of unbranched alkanes of at least 4 members (excludes halogenated alkanes) is 2. The van der Waals surface area contributed by atoms with Gasteiger partial charge in [0.15, 0.2) is 0 Å². The third kappa shape index (κ3) is 85.0. The standard InChI is InChI=1S/C5H5.C5H.C5H10.4CO.2Fe/c2*1-2-4-5-3-1;1-3-5-4-2;4*1-2;;/h1-5H;1H;1-5H2;;;;;;/q-1;-5;-2;;;;;;. The molecule has 0 radical (unpaired) electrons. The van der Waals surface area contributed by atoms with Crippen LogP contribution in [-0.2, 0) is 52.7 Å². The largest absolute Gasteiger partial charge is 0.999 e. The van der Waals surface area contributed by atoms with E-state index in [1.807, 2.05) is 30.3 Å². The van der Waals surface area contributed by atoms with Crippen molar-refractivity contribution in [3.05, 3.63) is 101 Å². The molecule has 0 atom stereocenters. The molecule has 0 bridgehead atoms. The van der Waals surface area contributed by atoms with Gasteiger partial charge in [-0.15, -0.1) is 6.42 Å². The molecule has 2 aromatic rings. The molecule has 4 nitrogen and oxygen atoms in total. The van der Waals surface area contributed by atoms with Crippen molar-refractivity contribution in [1.29, 1.82) is 0 Å². The summed E-state index contributed by atoms with van der Waals surface area (Å²) < 4.78 is 30.0. The van der Waals surface area contributed by atoms with Gasteiger partial charge in [-0.2, -0.15) is 31.0 Å². The van der Waals surface area contributed by atoms with E-state index in [1.54, 1.807) is 6.07 Å². The van der Waals surface area contributed by atoms with Crippen LogP contribution in [0.5, 0.6) is 0 Å². The summed E-state index contributed by atoms with van der Waals surface area (Å²) in [5.74, 6) is 0. The molecule has 0 N–H and O–H groups in total. The topological polar surface area (TPSA) is 79.6 Å². The minimum Gasteiger partial charge on any atom is -0.999 e. The van der Waals surface area contributed by atoms with Gasteiger partial charge in [0.2, 0.25) is 0 Å². The van der Waals surface area contributed by atoms with Crippen LogP contribution >= 0.6 is 0 Å². The molecule has 0 aliphatic heterocycles. The second kappa shape index (κ2) is 78.1. The fourth-order valence-corrected chi connectivity index (χ4v) is 0.678. The van der Waals surface area contributed by atoms with Gasteiger partial charge < -0.3 is 44.2 Å². The van der Waals surface area contributed by atoms with Crippen LogP contribution < -0.4 is 0 Å². The van der Waals surface area contributed by atoms with Crippen LogP contribution in [0, 0.1) is 64.7 Å². The Morgan fingerprint density at radius 2 is 1.04 bits per heavy atom. The molecule has 140 valence electrons. The van der Waals surface area contributed by atoms with E-state index in [1.165, 1.54) is 6.42 Å². The second-order valence-electron chi connectivity index (χ2n) is 2.71. The zero-order chi connectivity index (χ0) is 19.2. The van der Waals surface area contributed by atoms with Crippen LogP contribution in [-0.4, -0.2) is 0 Å². The predicted molar refractivity (Wildman–Crippen MR) is 79.7 cm³/mol. The molecule has 0 unspecified atom stereocenters. The molecule has 0 saturated heterocycles. The summed E-state index contributed by atoms with van der Waals surface area (Å²) in [4.78, 5) is 0. The van der Waals surface area contributed by atoms with Crippen molar-refractivity contribution in [1.82, 2.24) is 0 Å². The van der Waals surface area contributed by atoms with Gasteiger partial charge in [0.25, 0.3) is 0 Å². The molecular formula is C19H16Fe2O4-8. The molecule has 25 heavy (non-hydrogen) atoms. The number of hydrogen-bond acceptors (Lipinski definition) is 0. The molecule has 0 aliphatic rings. The zero-order valence-corrected chi connectivity index (χ0v) is 15.5. The van der Waals surface area contributed by atoms with E-state index >= 15 is 0 Å². The average Bonchev–Trinajstić information content (AvgIpc) is 3.41. The average molecular weight is 420 g/mol. The quantitative estimate of drug-likeness (QED) is 0.404. The first-order valence-corrected chi connectivity index (χ1v) is 5.81. The number of rotatable bonds is 2. The van der Waals surface area contributed by atoms with Crippen LogP contribution in [0.15, 0.2) is 36.4 Å². The van der Waals surface area contributed by atoms with Crippen molar-refractivity contribution in [2.24, 2.45) is 0 Å². The van der Waals surface area contributed by atoms with Crippen molar-refractivity contribution in [3.63, 3.8) is 0 Å². The fraction of sp³-hybridized carbons (Fsp3) is 0.158. The van der Waals surface area contributed by atoms with Gasteiger partial charge in [-0.25, -0.2) is 12.1 Å². The van der Waals surface area contributed by atoms with Crippen LogP contribution in [0.1, 0.15) is 19.3 Å². The maximum Gasteiger partial charge on any atom is 0 e. The molecular weight excluding hydrogens is 404 g/mol. The molecule has 0 spiro atoms. The van der Waals surface area contributed by atoms with Crippen LogP contribution in [0.2, 0.25) is 0 Å². The summed E-state index contributed by atoms with van der Waals surface area (Å²) in [7, 11) is 0. The fourth-order valence-electron chi connectivity index (χ4n) is 0.678. The van der Waals surface area contributed by atoms with E-state index < -0.39 is 0 Å². The van der Waals surface area contributed by atoms with E-state index in [2.05, 4.69) is 64.7 Å². The molecule has 0 saturated carbocycles. The summed E-state index contributed by atoms with van der Waals surface area (Å²) in [6.07, 6.45) is 3.23. The summed E-state index contributed by atoms with van der Waals surface area (Å²) in [6.45, 7) is 25.3. The van der Waals surface area contributed by atoms with E-state index in [9.17, 15) is 0 Å². The molecule has 2 aromatic carbocycles. The Balaban J connectivity index is -0.0000000315. The Kier molecular flexibility index (Phi) is 137. The SMILES string of the molecule is [C-]#[O+].[C-]#[O+].[C-]#[O+].[C-]#[O+].[CH2-]CCC[CH2-].[Fe].[Fe].[c-]1[c-][c-][cH-][c-]1.c1cc[cH-]c1. The van der Waals surface area contributed by atoms with E-state index in [-0.39, 0.29) is 34.1 Å². The Labute approximate surface area is 173 Å². The Morgan fingerprint density at radius 3 is 1.12 bits per heavy atom. The van der Waals surface area contributed by atoms with Gasteiger partial charge in [0, 0.05) is 34.1 Å². The normalized spacial score (nSPS) is 5.20. The van der Waals surface area contributed by atoms with Gasteiger partial charge in [-0.3, -0.25) is 0 Å². The monoisotopic (exact) mass is 420 g/mol. The van der Waals surface area contributed by atoms with E-state index in [0.717, 1.165) is 12.8 Å². The van der Waals surface area contributed by atoms with Crippen molar-refractivity contribution < 1.29 is 52.7 Å². The molecule has 0 aromatic heterocycles. The Morgan fingerprint density at radius 1 is 0.720 bits per heavy atom. The first-order chi connectivity index (χ1) is 11.4. The third-order valence-electron chi connectivity index (χ3n) is 1.41. The summed E-state index contributed by atoms with van der Waals surface area (Å²) in [5.41, 5.74) is 0. The van der Waals surface area contributed by atoms with E-state index in [0.29, 0.717) is 0 Å². The first-order valence-electron chi connectivity index (χ1n) is 5.81. The zero-order valence-electron chi connectivity index (χ0n) is 13.3. The van der Waals surface area contributed by atoms with Gasteiger partial charge >= 0.3 is 45.2 Å². The van der Waals surface area contributed by atoms with Crippen molar-refractivity contribution in [2.75, 3.05) is 0 Å². The van der Waals surface area contributed by atoms with Gasteiger partial charge in [0.05, 0.1) is 0 Å². The smallest absolute Gasteiger partial charge is 0 e. The van der Waals surface area contributed by atoms with Crippen molar-refractivity contribution >= 4 is 0 Å².